The van der Waals surface area contributed by atoms with E-state index in [1.165, 1.54) is 18.2 Å². The van der Waals surface area contributed by atoms with E-state index in [-0.39, 0.29) is 15.4 Å². The minimum atomic E-state index is -3.74. The first-order valence-corrected chi connectivity index (χ1v) is 11.9. The van der Waals surface area contributed by atoms with Crippen molar-refractivity contribution < 1.29 is 23.4 Å². The van der Waals surface area contributed by atoms with E-state index in [0.717, 1.165) is 11.1 Å². The first-order chi connectivity index (χ1) is 15.2. The van der Waals surface area contributed by atoms with E-state index in [0.29, 0.717) is 30.1 Å². The van der Waals surface area contributed by atoms with Gasteiger partial charge in [-0.2, -0.15) is 0 Å². The molecule has 0 saturated heterocycles. The van der Waals surface area contributed by atoms with Crippen molar-refractivity contribution in [3.05, 3.63) is 94.0 Å². The van der Waals surface area contributed by atoms with Crippen LogP contribution in [-0.2, 0) is 16.3 Å². The summed E-state index contributed by atoms with van der Waals surface area (Å²) < 4.78 is 25.8. The van der Waals surface area contributed by atoms with Gasteiger partial charge in [0.05, 0.1) is 21.5 Å². The molecule has 0 radical (unpaired) electrons. The van der Waals surface area contributed by atoms with Crippen molar-refractivity contribution in [2.24, 2.45) is 0 Å². The quantitative estimate of drug-likeness (QED) is 0.405. The summed E-state index contributed by atoms with van der Waals surface area (Å²) in [4.78, 5) is 11.4. The zero-order valence-electron chi connectivity index (χ0n) is 17.5. The molecule has 8 heteroatoms. The van der Waals surface area contributed by atoms with Gasteiger partial charge < -0.3 is 15.5 Å². The number of carboxylic acids is 1. The number of hydrogen-bond donors (Lipinski definition) is 3. The van der Waals surface area contributed by atoms with E-state index in [1.807, 2.05) is 6.07 Å². The molecule has 3 aromatic carbocycles. The Bertz CT molecular complexity index is 1210. The van der Waals surface area contributed by atoms with Crippen LogP contribution in [0.1, 0.15) is 33.2 Å². The van der Waals surface area contributed by atoms with Gasteiger partial charge in [-0.3, -0.25) is 0 Å². The molecule has 0 heterocycles. The van der Waals surface area contributed by atoms with Crippen molar-refractivity contribution in [2.45, 2.75) is 29.2 Å². The highest BCUT2D eigenvalue weighted by Gasteiger charge is 2.19. The molecule has 168 valence electrons. The molecule has 0 saturated carbocycles. The minimum Gasteiger partial charge on any atom is -0.478 e. The number of sulfone groups is 1. The third-order valence-corrected chi connectivity index (χ3v) is 7.14. The number of carbonyl (C=O) groups is 1. The maximum atomic E-state index is 12.9. The number of hydrogen-bond acceptors (Lipinski definition) is 5. The van der Waals surface area contributed by atoms with Crippen molar-refractivity contribution in [1.29, 1.82) is 0 Å². The fourth-order valence-electron chi connectivity index (χ4n) is 3.32. The highest BCUT2D eigenvalue weighted by atomic mass is 35.5. The minimum absolute atomic E-state index is 0.0596. The molecular formula is C24H24ClNO5S. The Kier molecular flexibility index (Phi) is 7.69. The highest BCUT2D eigenvalue weighted by molar-refractivity contribution is 7.91. The molecule has 0 aromatic heterocycles. The average molecular weight is 474 g/mol. The number of halogens is 1. The molecule has 0 aliphatic rings. The second kappa shape index (κ2) is 10.3. The number of aliphatic hydroxyl groups is 1. The molecule has 0 spiro atoms. The number of carboxylic acid groups (broad SMARTS) is 1. The van der Waals surface area contributed by atoms with Gasteiger partial charge in [-0.05, 0) is 79.0 Å². The standard InChI is InChI=1S/C24H24ClNO5S/c1-16-13-21(9-10-22(16)24(28)29)32(30,31)20-7-5-17(6-8-20)11-12-26-15-23(27)18-3-2-4-19(25)14-18/h2-10,13-14,23,26-27H,11-12,15H2,1H3,(H,28,29)/t23-/m0/s1. The summed E-state index contributed by atoms with van der Waals surface area (Å²) in [6.07, 6.45) is -0.00755. The van der Waals surface area contributed by atoms with E-state index in [9.17, 15) is 18.3 Å². The number of nitrogens with one attached hydrogen (secondary N) is 1. The number of aliphatic hydroxyl groups excluding tert-OH is 1. The summed E-state index contributed by atoms with van der Waals surface area (Å²) in [6.45, 7) is 2.56. The second-order valence-electron chi connectivity index (χ2n) is 7.45. The molecule has 3 N–H and O–H groups in total. The van der Waals surface area contributed by atoms with Crippen LogP contribution in [-0.4, -0.2) is 37.7 Å². The van der Waals surface area contributed by atoms with Crippen LogP contribution >= 0.6 is 11.6 Å². The Morgan fingerprint density at radius 2 is 1.72 bits per heavy atom. The zero-order valence-corrected chi connectivity index (χ0v) is 19.0. The molecule has 6 nitrogen and oxygen atoms in total. The van der Waals surface area contributed by atoms with Gasteiger partial charge in [-0.1, -0.05) is 35.9 Å². The van der Waals surface area contributed by atoms with Gasteiger partial charge in [0.15, 0.2) is 0 Å². The van der Waals surface area contributed by atoms with Crippen molar-refractivity contribution in [3.8, 4) is 0 Å². The van der Waals surface area contributed by atoms with Gasteiger partial charge in [-0.15, -0.1) is 0 Å². The lowest BCUT2D eigenvalue weighted by Gasteiger charge is -2.13. The van der Waals surface area contributed by atoms with E-state index < -0.39 is 21.9 Å². The molecule has 1 atom stereocenters. The van der Waals surface area contributed by atoms with Crippen LogP contribution in [0.25, 0.3) is 0 Å². The Balaban J connectivity index is 1.58. The first-order valence-electron chi connectivity index (χ1n) is 10.0. The van der Waals surface area contributed by atoms with Crippen LogP contribution in [0.15, 0.2) is 76.5 Å². The van der Waals surface area contributed by atoms with Crippen LogP contribution in [0, 0.1) is 6.92 Å². The maximum Gasteiger partial charge on any atom is 0.335 e. The van der Waals surface area contributed by atoms with Crippen molar-refractivity contribution in [2.75, 3.05) is 13.1 Å². The lowest BCUT2D eigenvalue weighted by Crippen LogP contribution is -2.23. The Morgan fingerprint density at radius 3 is 2.34 bits per heavy atom. The van der Waals surface area contributed by atoms with Crippen molar-refractivity contribution >= 4 is 27.4 Å². The predicted molar refractivity (Wildman–Crippen MR) is 123 cm³/mol. The van der Waals surface area contributed by atoms with E-state index >= 15 is 0 Å². The fourth-order valence-corrected chi connectivity index (χ4v) is 4.86. The molecule has 3 aromatic rings. The third-order valence-electron chi connectivity index (χ3n) is 5.13. The Hall–Kier alpha value is -2.71. The second-order valence-corrected chi connectivity index (χ2v) is 9.84. The first kappa shape index (κ1) is 23.9. The summed E-state index contributed by atoms with van der Waals surface area (Å²) in [5.41, 5.74) is 2.16. The molecule has 0 amide bonds. The number of rotatable bonds is 9. The molecule has 32 heavy (non-hydrogen) atoms. The normalized spacial score (nSPS) is 12.5. The number of aryl methyl sites for hydroxylation is 1. The Morgan fingerprint density at radius 1 is 1.03 bits per heavy atom. The summed E-state index contributed by atoms with van der Waals surface area (Å²) in [6, 6.07) is 17.7. The number of benzene rings is 3. The monoisotopic (exact) mass is 473 g/mol. The molecule has 0 fully saturated rings. The predicted octanol–water partition coefficient (Wildman–Crippen LogP) is 4.05. The SMILES string of the molecule is Cc1cc(S(=O)(=O)c2ccc(CCNC[C@H](O)c3cccc(Cl)c3)cc2)ccc1C(=O)O. The smallest absolute Gasteiger partial charge is 0.335 e. The molecule has 0 aliphatic heterocycles. The van der Waals surface area contributed by atoms with Gasteiger partial charge in [0, 0.05) is 11.6 Å². The van der Waals surface area contributed by atoms with Crippen molar-refractivity contribution in [3.63, 3.8) is 0 Å². The zero-order chi connectivity index (χ0) is 23.3. The topological polar surface area (TPSA) is 104 Å². The van der Waals surface area contributed by atoms with Gasteiger partial charge >= 0.3 is 5.97 Å². The highest BCUT2D eigenvalue weighted by Crippen LogP contribution is 2.24. The summed E-state index contributed by atoms with van der Waals surface area (Å²) in [7, 11) is -3.74. The molecular weight excluding hydrogens is 450 g/mol. The van der Waals surface area contributed by atoms with Gasteiger partial charge in [-0.25, -0.2) is 13.2 Å². The third kappa shape index (κ3) is 5.75. The van der Waals surface area contributed by atoms with Crippen molar-refractivity contribution in [1.82, 2.24) is 5.32 Å². The average Bonchev–Trinajstić information content (AvgIpc) is 2.76. The van der Waals surface area contributed by atoms with E-state index in [2.05, 4.69) is 5.32 Å². The number of aromatic carboxylic acids is 1. The van der Waals surface area contributed by atoms with Gasteiger partial charge in [0.1, 0.15) is 0 Å². The fraction of sp³-hybridized carbons (Fsp3) is 0.208. The van der Waals surface area contributed by atoms with Gasteiger partial charge in [0.2, 0.25) is 9.84 Å². The van der Waals surface area contributed by atoms with Crippen LogP contribution in [0.2, 0.25) is 5.02 Å². The lowest BCUT2D eigenvalue weighted by atomic mass is 10.1. The molecule has 0 bridgehead atoms. The van der Waals surface area contributed by atoms with E-state index in [4.69, 9.17) is 16.7 Å². The van der Waals surface area contributed by atoms with Crippen LogP contribution in [0.5, 0.6) is 0 Å². The van der Waals surface area contributed by atoms with Crippen LogP contribution in [0.3, 0.4) is 0 Å². The van der Waals surface area contributed by atoms with Crippen LogP contribution in [0.4, 0.5) is 0 Å². The lowest BCUT2D eigenvalue weighted by molar-refractivity contribution is 0.0696. The van der Waals surface area contributed by atoms with E-state index in [1.54, 1.807) is 49.4 Å². The summed E-state index contributed by atoms with van der Waals surface area (Å²) in [5.74, 6) is -1.09. The molecule has 3 rings (SSSR count). The maximum absolute atomic E-state index is 12.9. The van der Waals surface area contributed by atoms with Crippen LogP contribution < -0.4 is 5.32 Å². The summed E-state index contributed by atoms with van der Waals surface area (Å²) >= 11 is 5.94. The molecule has 0 unspecified atom stereocenters. The van der Waals surface area contributed by atoms with Gasteiger partial charge in [0.25, 0.3) is 0 Å². The summed E-state index contributed by atoms with van der Waals surface area (Å²) in [5, 5.41) is 23.1. The molecule has 0 aliphatic carbocycles. The Labute approximate surface area is 192 Å². The largest absolute Gasteiger partial charge is 0.478 e.